The molecule has 0 aromatic heterocycles. The molecular weight excluding hydrogens is 219 g/mol. The molecule has 1 aromatic carbocycles. The summed E-state index contributed by atoms with van der Waals surface area (Å²) in [4.78, 5) is 11.3. The molecule has 1 aromatic rings. The highest BCUT2D eigenvalue weighted by molar-refractivity contribution is 5.73. The molecule has 17 heavy (non-hydrogen) atoms. The predicted octanol–water partition coefficient (Wildman–Crippen LogP) is 2.82. The van der Waals surface area contributed by atoms with Gasteiger partial charge >= 0.3 is 5.97 Å². The van der Waals surface area contributed by atoms with Crippen LogP contribution in [0, 0.1) is 23.6 Å². The molecule has 1 saturated carbocycles. The van der Waals surface area contributed by atoms with E-state index in [1.807, 2.05) is 12.2 Å². The Kier molecular flexibility index (Phi) is 2.28. The molecule has 0 spiro atoms. The average Bonchev–Trinajstić information content (AvgIpc) is 2.89. The Labute approximate surface area is 98.8 Å². The first-order valence-corrected chi connectivity index (χ1v) is 5.84. The zero-order valence-electron chi connectivity index (χ0n) is 9.21. The van der Waals surface area contributed by atoms with E-state index in [-0.39, 0.29) is 23.6 Å². The maximum atomic E-state index is 13.8. The molecule has 2 nitrogen and oxygen atoms in total. The molecule has 0 heterocycles. The fraction of sp³-hybridized carbons (Fsp3) is 0.357. The van der Waals surface area contributed by atoms with Gasteiger partial charge in [0.25, 0.3) is 0 Å². The van der Waals surface area contributed by atoms with E-state index < -0.39 is 11.9 Å². The number of allylic oxidation sites excluding steroid dienone is 2. The smallest absolute Gasteiger partial charge is 0.307 e. The van der Waals surface area contributed by atoms with Gasteiger partial charge in [-0.1, -0.05) is 30.4 Å². The van der Waals surface area contributed by atoms with E-state index in [0.717, 1.165) is 6.42 Å². The second-order valence-electron chi connectivity index (χ2n) is 4.86. The van der Waals surface area contributed by atoms with E-state index in [4.69, 9.17) is 0 Å². The van der Waals surface area contributed by atoms with E-state index in [9.17, 15) is 14.3 Å². The van der Waals surface area contributed by atoms with Gasteiger partial charge in [0, 0.05) is 5.92 Å². The number of rotatable bonds is 2. The quantitative estimate of drug-likeness (QED) is 0.796. The Bertz CT molecular complexity index is 495. The normalized spacial score (nSPS) is 34.2. The van der Waals surface area contributed by atoms with Crippen molar-refractivity contribution < 1.29 is 14.3 Å². The van der Waals surface area contributed by atoms with Gasteiger partial charge in [0.05, 0.1) is 5.92 Å². The van der Waals surface area contributed by atoms with Crippen molar-refractivity contribution in [2.45, 2.75) is 12.3 Å². The van der Waals surface area contributed by atoms with Crippen molar-refractivity contribution in [2.75, 3.05) is 0 Å². The largest absolute Gasteiger partial charge is 0.481 e. The highest BCUT2D eigenvalue weighted by atomic mass is 19.1. The lowest BCUT2D eigenvalue weighted by Gasteiger charge is -2.25. The summed E-state index contributed by atoms with van der Waals surface area (Å²) in [5, 5.41) is 9.30. The Morgan fingerprint density at radius 1 is 1.24 bits per heavy atom. The minimum atomic E-state index is -0.810. The predicted molar refractivity (Wildman–Crippen MR) is 61.0 cm³/mol. The van der Waals surface area contributed by atoms with Crippen molar-refractivity contribution in [3.05, 3.63) is 47.8 Å². The van der Waals surface area contributed by atoms with Crippen LogP contribution in [0.25, 0.3) is 0 Å². The fourth-order valence-corrected chi connectivity index (χ4v) is 3.33. The molecule has 1 N–H and O–H groups in total. The molecule has 4 unspecified atom stereocenters. The molecule has 3 heteroatoms. The maximum Gasteiger partial charge on any atom is 0.307 e. The van der Waals surface area contributed by atoms with Gasteiger partial charge in [0.2, 0.25) is 0 Å². The number of aliphatic carboxylic acids is 1. The van der Waals surface area contributed by atoms with Crippen molar-refractivity contribution in [3.8, 4) is 0 Å². The van der Waals surface area contributed by atoms with E-state index in [1.54, 1.807) is 18.2 Å². The fourth-order valence-electron chi connectivity index (χ4n) is 3.33. The molecule has 3 rings (SSSR count). The Balaban J connectivity index is 2.05. The lowest BCUT2D eigenvalue weighted by molar-refractivity contribution is -0.143. The molecule has 0 radical (unpaired) electrons. The molecule has 0 amide bonds. The van der Waals surface area contributed by atoms with Crippen LogP contribution >= 0.6 is 0 Å². The minimum absolute atomic E-state index is 0.0714. The summed E-state index contributed by atoms with van der Waals surface area (Å²) in [5.41, 5.74) is 0.553. The molecular formula is C14H13FO2. The van der Waals surface area contributed by atoms with Crippen molar-refractivity contribution in [1.29, 1.82) is 0 Å². The monoisotopic (exact) mass is 232 g/mol. The van der Waals surface area contributed by atoms with Crippen molar-refractivity contribution in [1.82, 2.24) is 0 Å². The lowest BCUT2D eigenvalue weighted by atomic mass is 9.78. The highest BCUT2D eigenvalue weighted by Gasteiger charge is 2.49. The summed E-state index contributed by atoms with van der Waals surface area (Å²) in [6.07, 6.45) is 4.86. The first-order chi connectivity index (χ1) is 8.18. The van der Waals surface area contributed by atoms with Crippen LogP contribution in [0.2, 0.25) is 0 Å². The van der Waals surface area contributed by atoms with Crippen LogP contribution in [-0.2, 0) is 4.79 Å². The van der Waals surface area contributed by atoms with Gasteiger partial charge in [0.15, 0.2) is 0 Å². The third-order valence-electron chi connectivity index (χ3n) is 4.01. The van der Waals surface area contributed by atoms with Crippen LogP contribution in [0.4, 0.5) is 4.39 Å². The molecule has 88 valence electrons. The number of fused-ring (bicyclic) bond motifs is 2. The molecule has 2 bridgehead atoms. The van der Waals surface area contributed by atoms with Crippen LogP contribution in [0.1, 0.15) is 17.9 Å². The SMILES string of the molecule is O=C(O)C1C2C=CC(C2)C1c1ccccc1F. The molecule has 0 saturated heterocycles. The summed E-state index contributed by atoms with van der Waals surface area (Å²) < 4.78 is 13.8. The van der Waals surface area contributed by atoms with E-state index >= 15 is 0 Å². The molecule has 1 fully saturated rings. The Morgan fingerprint density at radius 3 is 2.65 bits per heavy atom. The zero-order chi connectivity index (χ0) is 12.0. The minimum Gasteiger partial charge on any atom is -0.481 e. The first kappa shape index (κ1) is 10.5. The van der Waals surface area contributed by atoms with Crippen LogP contribution in [0.5, 0.6) is 0 Å². The number of carbonyl (C=O) groups is 1. The van der Waals surface area contributed by atoms with Crippen LogP contribution in [0.15, 0.2) is 36.4 Å². The van der Waals surface area contributed by atoms with E-state index in [1.165, 1.54) is 6.07 Å². The lowest BCUT2D eigenvalue weighted by Crippen LogP contribution is -2.26. The van der Waals surface area contributed by atoms with Crippen LogP contribution < -0.4 is 0 Å². The first-order valence-electron chi connectivity index (χ1n) is 5.84. The van der Waals surface area contributed by atoms with Gasteiger partial charge in [-0.2, -0.15) is 0 Å². The summed E-state index contributed by atoms with van der Waals surface area (Å²) in [7, 11) is 0. The topological polar surface area (TPSA) is 37.3 Å². The zero-order valence-corrected chi connectivity index (χ0v) is 9.21. The second-order valence-corrected chi connectivity index (χ2v) is 4.86. The van der Waals surface area contributed by atoms with Gasteiger partial charge in [-0.3, -0.25) is 4.79 Å². The number of carboxylic acids is 1. The standard InChI is InChI=1S/C14H13FO2/c15-11-4-2-1-3-10(11)12-8-5-6-9(7-8)13(12)14(16)17/h1-6,8-9,12-13H,7H2,(H,16,17). The number of hydrogen-bond acceptors (Lipinski definition) is 1. The molecule has 2 aliphatic rings. The van der Waals surface area contributed by atoms with Gasteiger partial charge in [-0.15, -0.1) is 0 Å². The summed E-state index contributed by atoms with van der Waals surface area (Å²) in [6, 6.07) is 6.53. The summed E-state index contributed by atoms with van der Waals surface area (Å²) in [6.45, 7) is 0. The number of carboxylic acid groups (broad SMARTS) is 1. The van der Waals surface area contributed by atoms with Gasteiger partial charge in [-0.25, -0.2) is 4.39 Å². The van der Waals surface area contributed by atoms with E-state index in [0.29, 0.717) is 5.56 Å². The Morgan fingerprint density at radius 2 is 1.94 bits per heavy atom. The molecule has 0 aliphatic heterocycles. The number of hydrogen-bond donors (Lipinski definition) is 1. The number of benzene rings is 1. The van der Waals surface area contributed by atoms with Gasteiger partial charge < -0.3 is 5.11 Å². The van der Waals surface area contributed by atoms with Gasteiger partial charge in [-0.05, 0) is 29.9 Å². The third kappa shape index (κ3) is 1.49. The van der Waals surface area contributed by atoms with Gasteiger partial charge in [0.1, 0.15) is 5.82 Å². The average molecular weight is 232 g/mol. The van der Waals surface area contributed by atoms with Crippen LogP contribution in [0.3, 0.4) is 0 Å². The van der Waals surface area contributed by atoms with E-state index in [2.05, 4.69) is 0 Å². The third-order valence-corrected chi connectivity index (χ3v) is 4.01. The van der Waals surface area contributed by atoms with Crippen molar-refractivity contribution in [2.24, 2.45) is 17.8 Å². The number of halogens is 1. The molecule has 4 atom stereocenters. The van der Waals surface area contributed by atoms with Crippen molar-refractivity contribution in [3.63, 3.8) is 0 Å². The Hall–Kier alpha value is -1.64. The highest BCUT2D eigenvalue weighted by Crippen LogP contribution is 2.53. The van der Waals surface area contributed by atoms with Crippen LogP contribution in [-0.4, -0.2) is 11.1 Å². The summed E-state index contributed by atoms with van der Waals surface area (Å²) in [5.74, 6) is -1.52. The second kappa shape index (κ2) is 3.69. The van der Waals surface area contributed by atoms with Crippen molar-refractivity contribution >= 4 is 5.97 Å². The molecule has 2 aliphatic carbocycles. The summed E-state index contributed by atoms with van der Waals surface area (Å²) >= 11 is 0. The maximum absolute atomic E-state index is 13.8.